The minimum atomic E-state index is 0.454. The normalized spacial score (nSPS) is 20.2. The Morgan fingerprint density at radius 2 is 2.19 bits per heavy atom. The Bertz CT molecular complexity index is 710. The van der Waals surface area contributed by atoms with Crippen molar-refractivity contribution in [3.05, 3.63) is 53.1 Å². The van der Waals surface area contributed by atoms with Crippen molar-refractivity contribution in [3.8, 4) is 0 Å². The van der Waals surface area contributed by atoms with Gasteiger partial charge in [0.2, 0.25) is 0 Å². The third-order valence-corrected chi connectivity index (χ3v) is 5.99. The summed E-state index contributed by atoms with van der Waals surface area (Å²) in [7, 11) is 0. The summed E-state index contributed by atoms with van der Waals surface area (Å²) in [5, 5.41) is 0. The molecule has 4 heteroatoms. The summed E-state index contributed by atoms with van der Waals surface area (Å²) < 4.78 is 0. The van der Waals surface area contributed by atoms with Gasteiger partial charge in [0.1, 0.15) is 12.1 Å². The summed E-state index contributed by atoms with van der Waals surface area (Å²) in [6.07, 6.45) is 12.9. The second-order valence-electron chi connectivity index (χ2n) is 7.92. The fourth-order valence-electron chi connectivity index (χ4n) is 4.40. The fourth-order valence-corrected chi connectivity index (χ4v) is 4.40. The van der Waals surface area contributed by atoms with Gasteiger partial charge in [-0.25, -0.2) is 4.98 Å². The average molecular weight is 368 g/mol. The predicted molar refractivity (Wildman–Crippen MR) is 110 cm³/mol. The third-order valence-electron chi connectivity index (χ3n) is 5.99. The van der Waals surface area contributed by atoms with Crippen molar-refractivity contribution < 1.29 is 4.79 Å². The molecule has 4 nitrogen and oxygen atoms in total. The smallest absolute Gasteiger partial charge is 0.133 e. The summed E-state index contributed by atoms with van der Waals surface area (Å²) in [6.45, 7) is 6.02. The summed E-state index contributed by atoms with van der Waals surface area (Å²) in [5.74, 6) is 1.56. The Hall–Kier alpha value is -1.94. The monoisotopic (exact) mass is 367 g/mol. The van der Waals surface area contributed by atoms with Crippen molar-refractivity contribution in [1.29, 1.82) is 0 Å². The van der Waals surface area contributed by atoms with Crippen LogP contribution in [0, 0.1) is 6.92 Å². The van der Waals surface area contributed by atoms with Crippen LogP contribution < -0.4 is 0 Å². The molecular formula is C23H33N3O. The van der Waals surface area contributed by atoms with Crippen LogP contribution in [0.15, 0.2) is 30.6 Å². The summed E-state index contributed by atoms with van der Waals surface area (Å²) in [4.78, 5) is 21.0. The Balaban J connectivity index is 1.63. The molecule has 0 aliphatic carbocycles. The van der Waals surface area contributed by atoms with Crippen molar-refractivity contribution in [1.82, 2.24) is 14.9 Å². The van der Waals surface area contributed by atoms with Crippen LogP contribution in [0.1, 0.15) is 67.5 Å². The van der Waals surface area contributed by atoms with E-state index in [0.717, 1.165) is 37.9 Å². The number of nitrogens with one attached hydrogen (secondary N) is 1. The van der Waals surface area contributed by atoms with Crippen molar-refractivity contribution in [2.75, 3.05) is 13.1 Å². The van der Waals surface area contributed by atoms with Crippen molar-refractivity contribution in [2.24, 2.45) is 0 Å². The molecule has 0 saturated carbocycles. The number of likely N-dealkylation sites (tertiary alicyclic amines) is 1. The highest BCUT2D eigenvalue weighted by Crippen LogP contribution is 2.34. The number of aromatic amines is 1. The first kappa shape index (κ1) is 19.8. The molecule has 1 aromatic carbocycles. The van der Waals surface area contributed by atoms with Crippen LogP contribution in [-0.4, -0.2) is 40.3 Å². The van der Waals surface area contributed by atoms with Gasteiger partial charge in [0.05, 0.1) is 6.54 Å². The zero-order chi connectivity index (χ0) is 19.1. The van der Waals surface area contributed by atoms with Crippen LogP contribution in [-0.2, 0) is 17.6 Å². The standard InChI is InChI=1S/C23H33N3O/c1-3-4-5-6-19-7-8-20(15-18(19)2)21-16-22(26(17-21)13-14-27)9-10-23-24-11-12-25-23/h7-8,11-12,14-15,21-22H,3-6,9-10,13,16-17H2,1-2H3,(H,24,25). The van der Waals surface area contributed by atoms with Crippen LogP contribution >= 0.6 is 0 Å². The molecule has 1 aliphatic heterocycles. The number of nitrogens with zero attached hydrogens (tertiary/aromatic N) is 2. The Kier molecular flexibility index (Phi) is 7.22. The molecule has 1 fully saturated rings. The van der Waals surface area contributed by atoms with E-state index in [2.05, 4.69) is 46.9 Å². The first-order valence-electron chi connectivity index (χ1n) is 10.5. The van der Waals surface area contributed by atoms with Gasteiger partial charge in [-0.15, -0.1) is 0 Å². The molecule has 1 aliphatic rings. The molecule has 2 aromatic rings. The van der Waals surface area contributed by atoms with E-state index < -0.39 is 0 Å². The maximum atomic E-state index is 11.1. The molecule has 3 rings (SSSR count). The molecule has 1 saturated heterocycles. The van der Waals surface area contributed by atoms with Crippen LogP contribution in [0.25, 0.3) is 0 Å². The molecule has 1 aromatic heterocycles. The van der Waals surface area contributed by atoms with Crippen LogP contribution in [0.4, 0.5) is 0 Å². The number of benzene rings is 1. The number of aryl methyl sites for hydroxylation is 3. The van der Waals surface area contributed by atoms with Gasteiger partial charge in [-0.05, 0) is 55.2 Å². The average Bonchev–Trinajstić information content (AvgIpc) is 3.32. The number of carbonyl (C=O) groups excluding carboxylic acids is 1. The number of H-pyrrole nitrogens is 1. The molecule has 0 radical (unpaired) electrons. The number of hydrogen-bond acceptors (Lipinski definition) is 3. The van der Waals surface area contributed by atoms with Crippen LogP contribution in [0.5, 0.6) is 0 Å². The van der Waals surface area contributed by atoms with Crippen molar-refractivity contribution in [3.63, 3.8) is 0 Å². The molecule has 0 bridgehead atoms. The van der Waals surface area contributed by atoms with E-state index in [0.29, 0.717) is 18.5 Å². The second kappa shape index (κ2) is 9.84. The van der Waals surface area contributed by atoms with Gasteiger partial charge < -0.3 is 9.78 Å². The Morgan fingerprint density at radius 1 is 1.30 bits per heavy atom. The molecule has 146 valence electrons. The second-order valence-corrected chi connectivity index (χ2v) is 7.92. The third kappa shape index (κ3) is 5.29. The number of aldehydes is 1. The largest absolute Gasteiger partial charge is 0.349 e. The minimum absolute atomic E-state index is 0.454. The van der Waals surface area contributed by atoms with E-state index in [1.807, 2.05) is 6.20 Å². The topological polar surface area (TPSA) is 49.0 Å². The van der Waals surface area contributed by atoms with Gasteiger partial charge >= 0.3 is 0 Å². The molecule has 1 N–H and O–H groups in total. The highest BCUT2D eigenvalue weighted by molar-refractivity contribution is 5.52. The molecule has 0 spiro atoms. The van der Waals surface area contributed by atoms with E-state index >= 15 is 0 Å². The van der Waals surface area contributed by atoms with E-state index in [4.69, 9.17) is 0 Å². The van der Waals surface area contributed by atoms with Gasteiger partial charge in [-0.2, -0.15) is 0 Å². The van der Waals surface area contributed by atoms with Gasteiger partial charge in [0.15, 0.2) is 0 Å². The van der Waals surface area contributed by atoms with Crippen LogP contribution in [0.3, 0.4) is 0 Å². The van der Waals surface area contributed by atoms with Crippen molar-refractivity contribution >= 4 is 6.29 Å². The van der Waals surface area contributed by atoms with E-state index in [1.54, 1.807) is 6.20 Å². The summed E-state index contributed by atoms with van der Waals surface area (Å²) in [5.41, 5.74) is 4.34. The lowest BCUT2D eigenvalue weighted by Gasteiger charge is -2.21. The SMILES string of the molecule is CCCCCc1ccc(C2CC(CCc3ncc[nH]3)N(CC=O)C2)cc1C. The number of carbonyl (C=O) groups is 1. The quantitative estimate of drug-likeness (QED) is 0.499. The molecule has 0 amide bonds. The minimum Gasteiger partial charge on any atom is -0.349 e. The van der Waals surface area contributed by atoms with Crippen LogP contribution in [0.2, 0.25) is 0 Å². The molecule has 2 heterocycles. The highest BCUT2D eigenvalue weighted by Gasteiger charge is 2.32. The van der Waals surface area contributed by atoms with Crippen molar-refractivity contribution in [2.45, 2.75) is 70.8 Å². The maximum Gasteiger partial charge on any atom is 0.133 e. The Labute approximate surface area is 163 Å². The zero-order valence-corrected chi connectivity index (χ0v) is 16.8. The molecule has 2 atom stereocenters. The number of rotatable bonds is 10. The van der Waals surface area contributed by atoms with Gasteiger partial charge in [-0.3, -0.25) is 4.90 Å². The molecule has 2 unspecified atom stereocenters. The van der Waals surface area contributed by atoms with E-state index in [9.17, 15) is 4.79 Å². The maximum absolute atomic E-state index is 11.1. The molecular weight excluding hydrogens is 334 g/mol. The fraction of sp³-hybridized carbons (Fsp3) is 0.565. The van der Waals surface area contributed by atoms with Gasteiger partial charge in [0.25, 0.3) is 0 Å². The van der Waals surface area contributed by atoms with E-state index in [1.165, 1.54) is 42.4 Å². The summed E-state index contributed by atoms with van der Waals surface area (Å²) >= 11 is 0. The zero-order valence-electron chi connectivity index (χ0n) is 16.8. The van der Waals surface area contributed by atoms with Gasteiger partial charge in [0, 0.05) is 31.4 Å². The van der Waals surface area contributed by atoms with E-state index in [-0.39, 0.29) is 0 Å². The number of unbranched alkanes of at least 4 members (excludes halogenated alkanes) is 2. The number of aromatic nitrogens is 2. The lowest BCUT2D eigenvalue weighted by atomic mass is 9.91. The predicted octanol–water partition coefficient (Wildman–Crippen LogP) is 4.44. The number of imidazole rings is 1. The first-order valence-corrected chi connectivity index (χ1v) is 10.5. The summed E-state index contributed by atoms with van der Waals surface area (Å²) in [6, 6.07) is 7.50. The van der Waals surface area contributed by atoms with Gasteiger partial charge in [-0.1, -0.05) is 38.0 Å². The lowest BCUT2D eigenvalue weighted by molar-refractivity contribution is -0.109. The first-order chi connectivity index (χ1) is 13.2. The highest BCUT2D eigenvalue weighted by atomic mass is 16.1. The Morgan fingerprint density at radius 3 is 2.89 bits per heavy atom. The lowest BCUT2D eigenvalue weighted by Crippen LogP contribution is -2.31. The number of hydrogen-bond donors (Lipinski definition) is 1. The molecule has 27 heavy (non-hydrogen) atoms.